The van der Waals surface area contributed by atoms with E-state index in [-0.39, 0.29) is 17.1 Å². The molecule has 2 N–H and O–H groups in total. The molecule has 0 heterocycles. The monoisotopic (exact) mass is 386 g/mol. The number of unbranched alkanes of at least 4 members (excludes halogenated alkanes) is 1. The first kappa shape index (κ1) is 20.7. The van der Waals surface area contributed by atoms with Gasteiger partial charge >= 0.3 is 0 Å². The van der Waals surface area contributed by atoms with Crippen LogP contribution in [0.4, 0.5) is 5.69 Å². The molecule has 0 aromatic heterocycles. The molecule has 27 heavy (non-hydrogen) atoms. The summed E-state index contributed by atoms with van der Waals surface area (Å²) in [7, 11) is 0. The van der Waals surface area contributed by atoms with Gasteiger partial charge in [-0.05, 0) is 68.9 Å². The van der Waals surface area contributed by atoms with Crippen LogP contribution in [0.5, 0.6) is 11.5 Å². The quantitative estimate of drug-likeness (QED) is 0.505. The van der Waals surface area contributed by atoms with E-state index in [4.69, 9.17) is 21.7 Å². The van der Waals surface area contributed by atoms with Gasteiger partial charge < -0.3 is 14.8 Å². The SMILES string of the molecule is CCCCOc1ccccc1C(=O)NC(=S)Nc1ccc(OC(C)C)cc1. The Kier molecular flexibility index (Phi) is 8.07. The number of rotatable bonds is 8. The summed E-state index contributed by atoms with van der Waals surface area (Å²) in [5, 5.41) is 5.91. The largest absolute Gasteiger partial charge is 0.493 e. The van der Waals surface area contributed by atoms with Gasteiger partial charge in [-0.3, -0.25) is 10.1 Å². The average Bonchev–Trinajstić information content (AvgIpc) is 2.63. The fraction of sp³-hybridized carbons (Fsp3) is 0.333. The van der Waals surface area contributed by atoms with Gasteiger partial charge in [0.15, 0.2) is 5.11 Å². The third kappa shape index (κ3) is 6.90. The van der Waals surface area contributed by atoms with E-state index in [1.54, 1.807) is 18.2 Å². The summed E-state index contributed by atoms with van der Waals surface area (Å²) in [5.74, 6) is 1.03. The molecule has 0 atom stereocenters. The molecule has 1 amide bonds. The Morgan fingerprint density at radius 1 is 1.11 bits per heavy atom. The van der Waals surface area contributed by atoms with Gasteiger partial charge in [-0.1, -0.05) is 25.5 Å². The highest BCUT2D eigenvalue weighted by Crippen LogP contribution is 2.19. The van der Waals surface area contributed by atoms with Gasteiger partial charge in [0.1, 0.15) is 11.5 Å². The zero-order valence-corrected chi connectivity index (χ0v) is 16.8. The van der Waals surface area contributed by atoms with Crippen molar-refractivity contribution in [2.45, 2.75) is 39.7 Å². The van der Waals surface area contributed by atoms with Gasteiger partial charge in [0.05, 0.1) is 18.3 Å². The summed E-state index contributed by atoms with van der Waals surface area (Å²) in [5.41, 5.74) is 1.22. The number of thiocarbonyl (C=S) groups is 1. The Morgan fingerprint density at radius 2 is 1.81 bits per heavy atom. The van der Waals surface area contributed by atoms with Crippen LogP contribution in [0, 0.1) is 0 Å². The minimum Gasteiger partial charge on any atom is -0.493 e. The molecular formula is C21H26N2O3S. The van der Waals surface area contributed by atoms with Gasteiger partial charge in [0, 0.05) is 5.69 Å². The van der Waals surface area contributed by atoms with Crippen LogP contribution >= 0.6 is 12.2 Å². The van der Waals surface area contributed by atoms with E-state index in [1.165, 1.54) is 0 Å². The Morgan fingerprint density at radius 3 is 2.48 bits per heavy atom. The molecule has 0 radical (unpaired) electrons. The maximum absolute atomic E-state index is 12.5. The summed E-state index contributed by atoms with van der Waals surface area (Å²) in [6, 6.07) is 14.5. The van der Waals surface area contributed by atoms with Crippen molar-refractivity contribution in [1.29, 1.82) is 0 Å². The van der Waals surface area contributed by atoms with Crippen LogP contribution in [0.2, 0.25) is 0 Å². The normalized spacial score (nSPS) is 10.4. The van der Waals surface area contributed by atoms with Crippen LogP contribution in [0.15, 0.2) is 48.5 Å². The van der Waals surface area contributed by atoms with Crippen LogP contribution in [-0.2, 0) is 0 Å². The predicted octanol–water partition coefficient (Wildman–Crippen LogP) is 4.78. The Labute approximate surface area is 166 Å². The lowest BCUT2D eigenvalue weighted by Gasteiger charge is -2.14. The number of benzene rings is 2. The van der Waals surface area contributed by atoms with E-state index < -0.39 is 0 Å². The molecule has 0 saturated heterocycles. The predicted molar refractivity (Wildman–Crippen MR) is 113 cm³/mol. The third-order valence-electron chi connectivity index (χ3n) is 3.60. The van der Waals surface area contributed by atoms with E-state index in [2.05, 4.69) is 17.6 Å². The lowest BCUT2D eigenvalue weighted by molar-refractivity contribution is 0.0973. The number of carbonyl (C=O) groups excluding carboxylic acids is 1. The molecule has 0 aliphatic carbocycles. The maximum Gasteiger partial charge on any atom is 0.261 e. The molecule has 0 spiro atoms. The van der Waals surface area contributed by atoms with Crippen molar-refractivity contribution < 1.29 is 14.3 Å². The van der Waals surface area contributed by atoms with Crippen molar-refractivity contribution in [3.8, 4) is 11.5 Å². The highest BCUT2D eigenvalue weighted by Gasteiger charge is 2.13. The van der Waals surface area contributed by atoms with Crippen LogP contribution in [-0.4, -0.2) is 23.7 Å². The van der Waals surface area contributed by atoms with E-state index in [0.29, 0.717) is 17.9 Å². The highest BCUT2D eigenvalue weighted by atomic mass is 32.1. The number of carbonyl (C=O) groups is 1. The van der Waals surface area contributed by atoms with Gasteiger partial charge in [-0.15, -0.1) is 0 Å². The second kappa shape index (κ2) is 10.5. The van der Waals surface area contributed by atoms with E-state index >= 15 is 0 Å². The van der Waals surface area contributed by atoms with Gasteiger partial charge in [-0.2, -0.15) is 0 Å². The molecule has 2 aromatic rings. The van der Waals surface area contributed by atoms with Crippen molar-refractivity contribution in [2.75, 3.05) is 11.9 Å². The van der Waals surface area contributed by atoms with E-state index in [1.807, 2.05) is 44.2 Å². The van der Waals surface area contributed by atoms with Crippen LogP contribution in [0.25, 0.3) is 0 Å². The Balaban J connectivity index is 1.94. The minimum atomic E-state index is -0.306. The van der Waals surface area contributed by atoms with Crippen molar-refractivity contribution in [3.05, 3.63) is 54.1 Å². The van der Waals surface area contributed by atoms with Crippen molar-refractivity contribution >= 4 is 28.9 Å². The number of para-hydroxylation sites is 1. The minimum absolute atomic E-state index is 0.115. The lowest BCUT2D eigenvalue weighted by Crippen LogP contribution is -2.34. The molecule has 0 unspecified atom stereocenters. The lowest BCUT2D eigenvalue weighted by atomic mass is 10.2. The molecule has 2 rings (SSSR count). The fourth-order valence-electron chi connectivity index (χ4n) is 2.33. The Bertz CT molecular complexity index is 760. The molecule has 0 bridgehead atoms. The zero-order chi connectivity index (χ0) is 19.6. The first-order valence-electron chi connectivity index (χ1n) is 9.10. The average molecular weight is 387 g/mol. The summed E-state index contributed by atoms with van der Waals surface area (Å²) in [4.78, 5) is 12.5. The van der Waals surface area contributed by atoms with Gasteiger partial charge in [0.25, 0.3) is 5.91 Å². The van der Waals surface area contributed by atoms with Crippen LogP contribution < -0.4 is 20.1 Å². The molecule has 0 saturated carbocycles. The molecular weight excluding hydrogens is 360 g/mol. The molecule has 5 nitrogen and oxygen atoms in total. The van der Waals surface area contributed by atoms with Crippen LogP contribution in [0.3, 0.4) is 0 Å². The summed E-state index contributed by atoms with van der Waals surface area (Å²) >= 11 is 5.25. The van der Waals surface area contributed by atoms with Crippen LogP contribution in [0.1, 0.15) is 44.0 Å². The second-order valence-electron chi connectivity index (χ2n) is 6.30. The number of nitrogens with one attached hydrogen (secondary N) is 2. The number of anilines is 1. The summed E-state index contributed by atoms with van der Waals surface area (Å²) < 4.78 is 11.3. The molecule has 6 heteroatoms. The first-order valence-corrected chi connectivity index (χ1v) is 9.51. The number of hydrogen-bond donors (Lipinski definition) is 2. The third-order valence-corrected chi connectivity index (χ3v) is 3.80. The summed E-state index contributed by atoms with van der Waals surface area (Å²) in [6.07, 6.45) is 2.08. The second-order valence-corrected chi connectivity index (χ2v) is 6.71. The Hall–Kier alpha value is -2.60. The highest BCUT2D eigenvalue weighted by molar-refractivity contribution is 7.80. The maximum atomic E-state index is 12.5. The van der Waals surface area contributed by atoms with Crippen molar-refractivity contribution in [3.63, 3.8) is 0 Å². The van der Waals surface area contributed by atoms with Crippen molar-refractivity contribution in [2.24, 2.45) is 0 Å². The van der Waals surface area contributed by atoms with Gasteiger partial charge in [0.2, 0.25) is 0 Å². The molecule has 144 valence electrons. The van der Waals surface area contributed by atoms with Gasteiger partial charge in [-0.25, -0.2) is 0 Å². The van der Waals surface area contributed by atoms with E-state index in [9.17, 15) is 4.79 Å². The fourth-order valence-corrected chi connectivity index (χ4v) is 2.54. The molecule has 2 aromatic carbocycles. The number of amides is 1. The molecule has 0 aliphatic rings. The summed E-state index contributed by atoms with van der Waals surface area (Å²) in [6.45, 7) is 6.61. The number of hydrogen-bond acceptors (Lipinski definition) is 4. The molecule has 0 aliphatic heterocycles. The first-order chi connectivity index (χ1) is 13.0. The number of ether oxygens (including phenoxy) is 2. The smallest absolute Gasteiger partial charge is 0.261 e. The van der Waals surface area contributed by atoms with E-state index in [0.717, 1.165) is 24.3 Å². The molecule has 0 fully saturated rings. The topological polar surface area (TPSA) is 59.6 Å². The standard InChI is InChI=1S/C21H26N2O3S/c1-4-5-14-25-19-9-7-6-8-18(19)20(24)23-21(27)22-16-10-12-17(13-11-16)26-15(2)3/h6-13,15H,4-5,14H2,1-3H3,(H2,22,23,24,27). The van der Waals surface area contributed by atoms with Crippen molar-refractivity contribution in [1.82, 2.24) is 5.32 Å². The zero-order valence-electron chi connectivity index (χ0n) is 16.0.